The van der Waals surface area contributed by atoms with Crippen molar-refractivity contribution in [2.75, 3.05) is 42.7 Å². The number of methoxy groups -OCH3 is 6. The van der Waals surface area contributed by atoms with E-state index in [0.29, 0.717) is 46.6 Å². The van der Waals surface area contributed by atoms with Crippen molar-refractivity contribution in [1.82, 2.24) is 10.6 Å². The molecule has 0 unspecified atom stereocenters. The minimum Gasteiger partial charge on any atom is -0.496 e. The zero-order valence-corrected chi connectivity index (χ0v) is 21.4. The molecule has 2 heterocycles. The molecule has 1 amide bonds. The zero-order chi connectivity index (χ0) is 25.4. The van der Waals surface area contributed by atoms with E-state index in [-0.39, 0.29) is 11.9 Å². The van der Waals surface area contributed by atoms with E-state index in [4.69, 9.17) is 28.4 Å². The number of carbonyl (C=O) groups excluding carboxylic acids is 1. The van der Waals surface area contributed by atoms with Crippen LogP contribution in [-0.2, 0) is 11.2 Å². The first kappa shape index (κ1) is 24.5. The minimum atomic E-state index is -0.412. The monoisotopic (exact) mass is 484 g/mol. The van der Waals surface area contributed by atoms with Gasteiger partial charge in [-0.15, -0.1) is 0 Å². The first-order valence-electron chi connectivity index (χ1n) is 11.2. The molecule has 2 N–H and O–H groups in total. The molecule has 2 aliphatic rings. The molecule has 9 heteroatoms. The fourth-order valence-corrected chi connectivity index (χ4v) is 5.22. The molecular formula is C26H32N2O7. The quantitative estimate of drug-likeness (QED) is 0.619. The number of carbonyl (C=O) groups is 1. The van der Waals surface area contributed by atoms with Gasteiger partial charge in [0.15, 0.2) is 23.0 Å². The molecule has 0 aromatic heterocycles. The molecule has 2 atom stereocenters. The summed E-state index contributed by atoms with van der Waals surface area (Å²) >= 11 is 0. The molecule has 35 heavy (non-hydrogen) atoms. The fourth-order valence-electron chi connectivity index (χ4n) is 5.22. The van der Waals surface area contributed by atoms with Gasteiger partial charge in [0, 0.05) is 39.9 Å². The second-order valence-electron chi connectivity index (χ2n) is 8.42. The minimum absolute atomic E-state index is 0.121. The van der Waals surface area contributed by atoms with Crippen molar-refractivity contribution in [2.24, 2.45) is 0 Å². The standard InChI is InChI=1S/C26H32N2O7/c1-12-21(31-4)14(10-18(30-3)23(12)33-6)9-16-20-19-15(11-17(27-20)26(29)28-16)22(32-5)13(2)24(34-7)25(19)35-8/h9-10,17,20,27H,11H2,1-8H3,(H,28,29)/b16-9-/t17-,20-/m0/s1. The Balaban J connectivity index is 1.98. The van der Waals surface area contributed by atoms with E-state index in [1.807, 2.05) is 26.0 Å². The van der Waals surface area contributed by atoms with Gasteiger partial charge in [0.05, 0.1) is 54.7 Å². The highest BCUT2D eigenvalue weighted by Crippen LogP contribution is 2.51. The summed E-state index contributed by atoms with van der Waals surface area (Å²) in [5.41, 5.74) is 4.78. The van der Waals surface area contributed by atoms with Crippen molar-refractivity contribution in [1.29, 1.82) is 0 Å². The number of nitrogens with one attached hydrogen (secondary N) is 2. The van der Waals surface area contributed by atoms with Crippen LogP contribution in [0.3, 0.4) is 0 Å². The number of amides is 1. The lowest BCUT2D eigenvalue weighted by Crippen LogP contribution is -2.56. The summed E-state index contributed by atoms with van der Waals surface area (Å²) in [5.74, 6) is 3.55. The predicted molar refractivity (Wildman–Crippen MR) is 131 cm³/mol. The average Bonchev–Trinajstić information content (AvgIpc) is 2.86. The topological polar surface area (TPSA) is 96.5 Å². The number of rotatable bonds is 7. The Kier molecular flexibility index (Phi) is 6.71. The first-order chi connectivity index (χ1) is 16.8. The first-order valence-corrected chi connectivity index (χ1v) is 11.2. The second kappa shape index (κ2) is 9.58. The van der Waals surface area contributed by atoms with Gasteiger partial charge >= 0.3 is 0 Å². The molecule has 0 radical (unpaired) electrons. The third-order valence-electron chi connectivity index (χ3n) is 6.70. The molecule has 0 spiro atoms. The second-order valence-corrected chi connectivity index (χ2v) is 8.42. The Hall–Kier alpha value is -3.59. The van der Waals surface area contributed by atoms with E-state index in [1.165, 1.54) is 0 Å². The highest BCUT2D eigenvalue weighted by atomic mass is 16.5. The molecule has 2 aliphatic heterocycles. The molecule has 0 saturated carbocycles. The molecular weight excluding hydrogens is 452 g/mol. The smallest absolute Gasteiger partial charge is 0.241 e. The highest BCUT2D eigenvalue weighted by Gasteiger charge is 2.43. The Morgan fingerprint density at radius 2 is 1.40 bits per heavy atom. The molecule has 2 bridgehead atoms. The Labute approximate surface area is 205 Å². The molecule has 2 aromatic rings. The Morgan fingerprint density at radius 3 is 1.97 bits per heavy atom. The van der Waals surface area contributed by atoms with E-state index in [1.54, 1.807) is 42.7 Å². The van der Waals surface area contributed by atoms with E-state index in [9.17, 15) is 4.79 Å². The van der Waals surface area contributed by atoms with E-state index in [2.05, 4.69) is 10.6 Å². The van der Waals surface area contributed by atoms with Crippen LogP contribution in [0, 0.1) is 13.8 Å². The lowest BCUT2D eigenvalue weighted by atomic mass is 9.82. The van der Waals surface area contributed by atoms with Crippen molar-refractivity contribution in [3.8, 4) is 34.5 Å². The van der Waals surface area contributed by atoms with Gasteiger partial charge in [-0.2, -0.15) is 0 Å². The fraction of sp³-hybridized carbons (Fsp3) is 0.423. The maximum absolute atomic E-state index is 13.0. The predicted octanol–water partition coefficient (Wildman–Crippen LogP) is 3.08. The summed E-state index contributed by atoms with van der Waals surface area (Å²) < 4.78 is 34.1. The Morgan fingerprint density at radius 1 is 0.800 bits per heavy atom. The van der Waals surface area contributed by atoms with Gasteiger partial charge in [-0.3, -0.25) is 10.1 Å². The van der Waals surface area contributed by atoms with Crippen LogP contribution >= 0.6 is 0 Å². The summed E-state index contributed by atoms with van der Waals surface area (Å²) in [6, 6.07) is 1.04. The van der Waals surface area contributed by atoms with Gasteiger partial charge in [0.1, 0.15) is 11.5 Å². The summed E-state index contributed by atoms with van der Waals surface area (Å²) in [4.78, 5) is 13.0. The average molecular weight is 485 g/mol. The van der Waals surface area contributed by atoms with Gasteiger partial charge in [-0.25, -0.2) is 0 Å². The molecule has 0 aliphatic carbocycles. The van der Waals surface area contributed by atoms with Crippen LogP contribution in [0.5, 0.6) is 34.5 Å². The van der Waals surface area contributed by atoms with Crippen molar-refractivity contribution in [3.63, 3.8) is 0 Å². The van der Waals surface area contributed by atoms with Crippen LogP contribution in [-0.4, -0.2) is 54.6 Å². The molecule has 4 rings (SSSR count). The summed E-state index contributed by atoms with van der Waals surface area (Å²) in [7, 11) is 9.61. The number of fused-ring (bicyclic) bond motifs is 4. The van der Waals surface area contributed by atoms with Gasteiger partial charge in [0.25, 0.3) is 0 Å². The highest BCUT2D eigenvalue weighted by molar-refractivity contribution is 5.89. The lowest BCUT2D eigenvalue weighted by Gasteiger charge is -2.40. The maximum Gasteiger partial charge on any atom is 0.241 e. The molecule has 9 nitrogen and oxygen atoms in total. The van der Waals surface area contributed by atoms with Crippen LogP contribution in [0.4, 0.5) is 0 Å². The SMILES string of the molecule is COc1cc(/C=C2\NC(=O)[C@@H]3Cc4c(OC)c(C)c(OC)c(OC)c4[C@H]2N3)c(OC)c(C)c1OC. The molecule has 1 saturated heterocycles. The van der Waals surface area contributed by atoms with Crippen LogP contribution in [0.2, 0.25) is 0 Å². The summed E-state index contributed by atoms with van der Waals surface area (Å²) in [6.45, 7) is 3.82. The van der Waals surface area contributed by atoms with Gasteiger partial charge in [-0.05, 0) is 26.0 Å². The van der Waals surface area contributed by atoms with Crippen molar-refractivity contribution in [2.45, 2.75) is 32.4 Å². The lowest BCUT2D eigenvalue weighted by molar-refractivity contribution is -0.124. The maximum atomic E-state index is 13.0. The zero-order valence-electron chi connectivity index (χ0n) is 21.4. The van der Waals surface area contributed by atoms with Crippen molar-refractivity contribution >= 4 is 12.0 Å². The number of hydrogen-bond acceptors (Lipinski definition) is 8. The van der Waals surface area contributed by atoms with Crippen LogP contribution in [0.15, 0.2) is 11.8 Å². The van der Waals surface area contributed by atoms with E-state index < -0.39 is 6.04 Å². The summed E-state index contributed by atoms with van der Waals surface area (Å²) in [5, 5.41) is 6.54. The molecule has 1 fully saturated rings. The third-order valence-corrected chi connectivity index (χ3v) is 6.70. The van der Waals surface area contributed by atoms with Gasteiger partial charge in [-0.1, -0.05) is 0 Å². The third kappa shape index (κ3) is 3.80. The van der Waals surface area contributed by atoms with Gasteiger partial charge in [0.2, 0.25) is 5.91 Å². The van der Waals surface area contributed by atoms with Crippen LogP contribution in [0.25, 0.3) is 6.08 Å². The summed E-state index contributed by atoms with van der Waals surface area (Å²) in [6.07, 6.45) is 2.35. The molecule has 188 valence electrons. The largest absolute Gasteiger partial charge is 0.496 e. The van der Waals surface area contributed by atoms with Crippen molar-refractivity contribution < 1.29 is 33.2 Å². The van der Waals surface area contributed by atoms with E-state index in [0.717, 1.165) is 27.8 Å². The number of ether oxygens (including phenoxy) is 6. The van der Waals surface area contributed by atoms with E-state index >= 15 is 0 Å². The van der Waals surface area contributed by atoms with Crippen LogP contribution < -0.4 is 39.1 Å². The number of benzene rings is 2. The Bertz CT molecular complexity index is 1210. The van der Waals surface area contributed by atoms with Crippen LogP contribution in [0.1, 0.15) is 33.9 Å². The van der Waals surface area contributed by atoms with Crippen molar-refractivity contribution in [3.05, 3.63) is 39.6 Å². The number of piperazine rings is 1. The normalized spacial score (nSPS) is 19.5. The molecule has 2 aromatic carbocycles. The van der Waals surface area contributed by atoms with Gasteiger partial charge < -0.3 is 33.7 Å². The number of hydrogen-bond donors (Lipinski definition) is 2.